The van der Waals surface area contributed by atoms with E-state index in [2.05, 4.69) is 10.2 Å². The SMILES string of the molecule is COc1ccccc1-c1cc(N)nnc1Cl. The predicted octanol–water partition coefficient (Wildman–Crippen LogP) is 2.39. The average Bonchev–Trinajstić information content (AvgIpc) is 2.32. The van der Waals surface area contributed by atoms with Crippen LogP contribution in [-0.2, 0) is 0 Å². The summed E-state index contributed by atoms with van der Waals surface area (Å²) < 4.78 is 5.25. The van der Waals surface area contributed by atoms with E-state index in [4.69, 9.17) is 22.1 Å². The van der Waals surface area contributed by atoms with Gasteiger partial charge in [0.1, 0.15) is 11.6 Å². The second kappa shape index (κ2) is 4.37. The Morgan fingerprint density at radius 2 is 1.94 bits per heavy atom. The van der Waals surface area contributed by atoms with Crippen LogP contribution in [-0.4, -0.2) is 17.3 Å². The molecule has 2 rings (SSSR count). The number of benzene rings is 1. The van der Waals surface area contributed by atoms with Crippen LogP contribution in [0.1, 0.15) is 0 Å². The summed E-state index contributed by atoms with van der Waals surface area (Å²) in [5.74, 6) is 1.04. The molecular weight excluding hydrogens is 226 g/mol. The summed E-state index contributed by atoms with van der Waals surface area (Å²) in [4.78, 5) is 0. The number of hydrogen-bond donors (Lipinski definition) is 1. The molecule has 0 fully saturated rings. The van der Waals surface area contributed by atoms with E-state index in [9.17, 15) is 0 Å². The Morgan fingerprint density at radius 3 is 2.69 bits per heavy atom. The largest absolute Gasteiger partial charge is 0.496 e. The van der Waals surface area contributed by atoms with Crippen LogP contribution in [0, 0.1) is 0 Å². The lowest BCUT2D eigenvalue weighted by Crippen LogP contribution is -1.96. The molecule has 5 heteroatoms. The molecule has 2 N–H and O–H groups in total. The first-order chi connectivity index (χ1) is 7.72. The van der Waals surface area contributed by atoms with Crippen molar-refractivity contribution in [3.8, 4) is 16.9 Å². The van der Waals surface area contributed by atoms with E-state index in [-0.39, 0.29) is 0 Å². The van der Waals surface area contributed by atoms with Gasteiger partial charge >= 0.3 is 0 Å². The van der Waals surface area contributed by atoms with Crippen molar-refractivity contribution in [2.45, 2.75) is 0 Å². The van der Waals surface area contributed by atoms with Crippen LogP contribution in [0.5, 0.6) is 5.75 Å². The van der Waals surface area contributed by atoms with Crippen molar-refractivity contribution in [3.05, 3.63) is 35.5 Å². The molecule has 0 aliphatic rings. The Balaban J connectivity index is 2.62. The molecule has 0 saturated carbocycles. The number of halogens is 1. The number of hydrogen-bond acceptors (Lipinski definition) is 4. The Morgan fingerprint density at radius 1 is 1.19 bits per heavy atom. The zero-order valence-corrected chi connectivity index (χ0v) is 9.40. The van der Waals surface area contributed by atoms with E-state index in [1.165, 1.54) is 0 Å². The lowest BCUT2D eigenvalue weighted by Gasteiger charge is -2.09. The fraction of sp³-hybridized carbons (Fsp3) is 0.0909. The molecule has 1 aromatic heterocycles. The minimum absolute atomic E-state index is 0.304. The number of ether oxygens (including phenoxy) is 1. The number of anilines is 1. The van der Waals surface area contributed by atoms with Gasteiger partial charge < -0.3 is 10.5 Å². The Bertz CT molecular complexity index is 516. The van der Waals surface area contributed by atoms with Crippen LogP contribution in [0.25, 0.3) is 11.1 Å². The molecule has 4 nitrogen and oxygen atoms in total. The van der Waals surface area contributed by atoms with Gasteiger partial charge in [0.25, 0.3) is 0 Å². The van der Waals surface area contributed by atoms with Crippen molar-refractivity contribution in [1.82, 2.24) is 10.2 Å². The Kier molecular flexibility index (Phi) is 2.92. The van der Waals surface area contributed by atoms with Crippen molar-refractivity contribution in [2.75, 3.05) is 12.8 Å². The summed E-state index contributed by atoms with van der Waals surface area (Å²) in [5, 5.41) is 7.75. The summed E-state index contributed by atoms with van der Waals surface area (Å²) >= 11 is 5.97. The van der Waals surface area contributed by atoms with E-state index in [0.29, 0.717) is 16.5 Å². The Labute approximate surface area is 98.0 Å². The van der Waals surface area contributed by atoms with Gasteiger partial charge in [0, 0.05) is 11.1 Å². The molecule has 0 aliphatic carbocycles. The summed E-state index contributed by atoms with van der Waals surface area (Å²) in [6.45, 7) is 0. The second-order valence-corrected chi connectivity index (χ2v) is 3.53. The molecule has 16 heavy (non-hydrogen) atoms. The smallest absolute Gasteiger partial charge is 0.159 e. The summed E-state index contributed by atoms with van der Waals surface area (Å²) in [6.07, 6.45) is 0. The van der Waals surface area contributed by atoms with Crippen LogP contribution < -0.4 is 10.5 Å². The molecule has 0 spiro atoms. The van der Waals surface area contributed by atoms with Gasteiger partial charge in [0.15, 0.2) is 5.15 Å². The van der Waals surface area contributed by atoms with Gasteiger partial charge in [0.2, 0.25) is 0 Å². The molecule has 1 aromatic carbocycles. The van der Waals surface area contributed by atoms with Crippen molar-refractivity contribution in [3.63, 3.8) is 0 Å². The third kappa shape index (κ3) is 1.92. The topological polar surface area (TPSA) is 61.0 Å². The number of aromatic nitrogens is 2. The third-order valence-electron chi connectivity index (χ3n) is 2.16. The molecule has 0 unspecified atom stereocenters. The maximum Gasteiger partial charge on any atom is 0.159 e. The van der Waals surface area contributed by atoms with Gasteiger partial charge in [-0.25, -0.2) is 0 Å². The highest BCUT2D eigenvalue weighted by atomic mass is 35.5. The molecule has 1 heterocycles. The normalized spacial score (nSPS) is 10.1. The summed E-state index contributed by atoms with van der Waals surface area (Å²) in [7, 11) is 1.60. The van der Waals surface area contributed by atoms with Crippen LogP contribution in [0.4, 0.5) is 5.82 Å². The number of para-hydroxylation sites is 1. The van der Waals surface area contributed by atoms with Crippen molar-refractivity contribution < 1.29 is 4.74 Å². The minimum Gasteiger partial charge on any atom is -0.496 e. The highest BCUT2D eigenvalue weighted by Crippen LogP contribution is 2.33. The molecule has 0 saturated heterocycles. The lowest BCUT2D eigenvalue weighted by atomic mass is 10.1. The van der Waals surface area contributed by atoms with E-state index in [1.807, 2.05) is 24.3 Å². The van der Waals surface area contributed by atoms with Gasteiger partial charge in [-0.15, -0.1) is 10.2 Å². The molecular formula is C11H10ClN3O. The molecule has 0 amide bonds. The van der Waals surface area contributed by atoms with E-state index in [0.717, 1.165) is 11.3 Å². The molecule has 2 aromatic rings. The van der Waals surface area contributed by atoms with Crippen molar-refractivity contribution >= 4 is 17.4 Å². The zero-order valence-electron chi connectivity index (χ0n) is 8.64. The number of nitrogens with two attached hydrogens (primary N) is 1. The molecule has 0 radical (unpaired) electrons. The van der Waals surface area contributed by atoms with Crippen molar-refractivity contribution in [1.29, 1.82) is 0 Å². The van der Waals surface area contributed by atoms with Crippen LogP contribution in [0.3, 0.4) is 0 Å². The first kappa shape index (κ1) is 10.7. The van der Waals surface area contributed by atoms with E-state index in [1.54, 1.807) is 13.2 Å². The van der Waals surface area contributed by atoms with Crippen molar-refractivity contribution in [2.24, 2.45) is 0 Å². The fourth-order valence-electron chi connectivity index (χ4n) is 1.45. The van der Waals surface area contributed by atoms with Gasteiger partial charge in [-0.05, 0) is 12.1 Å². The standard InChI is InChI=1S/C11H10ClN3O/c1-16-9-5-3-2-4-7(9)8-6-10(13)14-15-11(8)12/h2-6H,1H3,(H2,13,14). The highest BCUT2D eigenvalue weighted by molar-refractivity contribution is 6.32. The van der Waals surface area contributed by atoms with Gasteiger partial charge in [-0.1, -0.05) is 29.8 Å². The number of nitrogen functional groups attached to an aromatic ring is 1. The maximum absolute atomic E-state index is 5.97. The first-order valence-electron chi connectivity index (χ1n) is 4.64. The van der Waals surface area contributed by atoms with Crippen LogP contribution in [0.2, 0.25) is 5.15 Å². The summed E-state index contributed by atoms with van der Waals surface area (Å²) in [6, 6.07) is 9.19. The quantitative estimate of drug-likeness (QED) is 0.868. The van der Waals surface area contributed by atoms with E-state index < -0.39 is 0 Å². The third-order valence-corrected chi connectivity index (χ3v) is 2.44. The second-order valence-electron chi connectivity index (χ2n) is 3.17. The highest BCUT2D eigenvalue weighted by Gasteiger charge is 2.10. The zero-order chi connectivity index (χ0) is 11.5. The average molecular weight is 236 g/mol. The van der Waals surface area contributed by atoms with E-state index >= 15 is 0 Å². The van der Waals surface area contributed by atoms with Crippen LogP contribution in [0.15, 0.2) is 30.3 Å². The molecule has 0 atom stereocenters. The van der Waals surface area contributed by atoms with Gasteiger partial charge in [0.05, 0.1) is 7.11 Å². The Hall–Kier alpha value is -1.81. The minimum atomic E-state index is 0.304. The maximum atomic E-state index is 5.97. The fourth-order valence-corrected chi connectivity index (χ4v) is 1.64. The monoisotopic (exact) mass is 235 g/mol. The first-order valence-corrected chi connectivity index (χ1v) is 5.02. The predicted molar refractivity (Wildman–Crippen MR) is 63.4 cm³/mol. The number of methoxy groups -OCH3 is 1. The summed E-state index contributed by atoms with van der Waals surface area (Å²) in [5.41, 5.74) is 7.14. The molecule has 82 valence electrons. The molecule has 0 bridgehead atoms. The lowest BCUT2D eigenvalue weighted by molar-refractivity contribution is 0.416. The van der Waals surface area contributed by atoms with Gasteiger partial charge in [-0.3, -0.25) is 0 Å². The number of nitrogens with zero attached hydrogens (tertiary/aromatic N) is 2. The van der Waals surface area contributed by atoms with Crippen LogP contribution >= 0.6 is 11.6 Å². The molecule has 0 aliphatic heterocycles. The number of rotatable bonds is 2. The van der Waals surface area contributed by atoms with Gasteiger partial charge in [-0.2, -0.15) is 0 Å².